The number of nitrogens with two attached hydrogens (primary N) is 1. The SMILES string of the molecule is CCCC(C)(N)C(=O)NCCc1c(C)noc1C. The Morgan fingerprint density at radius 1 is 1.50 bits per heavy atom. The molecule has 18 heavy (non-hydrogen) atoms. The van der Waals surface area contributed by atoms with Crippen LogP contribution in [0.3, 0.4) is 0 Å². The minimum absolute atomic E-state index is 0.101. The molecule has 0 aliphatic rings. The second kappa shape index (κ2) is 6.00. The molecule has 1 aromatic heterocycles. The maximum absolute atomic E-state index is 11.9. The van der Waals surface area contributed by atoms with Crippen LogP contribution in [0.25, 0.3) is 0 Å². The van der Waals surface area contributed by atoms with Crippen molar-refractivity contribution in [3.8, 4) is 0 Å². The number of hydrogen-bond donors (Lipinski definition) is 2. The lowest BCUT2D eigenvalue weighted by atomic mass is 9.96. The summed E-state index contributed by atoms with van der Waals surface area (Å²) in [5, 5.41) is 6.75. The van der Waals surface area contributed by atoms with Crippen LogP contribution in [0, 0.1) is 13.8 Å². The fraction of sp³-hybridized carbons (Fsp3) is 0.692. The van der Waals surface area contributed by atoms with E-state index in [1.54, 1.807) is 6.92 Å². The van der Waals surface area contributed by atoms with Gasteiger partial charge in [-0.25, -0.2) is 0 Å². The first kappa shape index (κ1) is 14.7. The van der Waals surface area contributed by atoms with Gasteiger partial charge >= 0.3 is 0 Å². The molecular weight excluding hydrogens is 230 g/mol. The lowest BCUT2D eigenvalue weighted by Crippen LogP contribution is -2.51. The minimum Gasteiger partial charge on any atom is -0.361 e. The van der Waals surface area contributed by atoms with E-state index in [9.17, 15) is 4.79 Å². The van der Waals surface area contributed by atoms with Crippen molar-refractivity contribution in [3.05, 3.63) is 17.0 Å². The number of hydrogen-bond acceptors (Lipinski definition) is 4. The Labute approximate surface area is 108 Å². The number of aromatic nitrogens is 1. The zero-order valence-electron chi connectivity index (χ0n) is 11.7. The minimum atomic E-state index is -0.784. The van der Waals surface area contributed by atoms with Crippen molar-refractivity contribution in [3.63, 3.8) is 0 Å². The van der Waals surface area contributed by atoms with Crippen LogP contribution < -0.4 is 11.1 Å². The third-order valence-electron chi connectivity index (χ3n) is 3.13. The first-order valence-corrected chi connectivity index (χ1v) is 6.37. The van der Waals surface area contributed by atoms with E-state index in [2.05, 4.69) is 10.5 Å². The fourth-order valence-corrected chi connectivity index (χ4v) is 1.99. The molecule has 0 spiro atoms. The zero-order chi connectivity index (χ0) is 13.8. The molecule has 0 saturated carbocycles. The van der Waals surface area contributed by atoms with Crippen molar-refractivity contribution in [2.24, 2.45) is 5.73 Å². The highest BCUT2D eigenvalue weighted by Gasteiger charge is 2.26. The molecule has 0 aromatic carbocycles. The van der Waals surface area contributed by atoms with Crippen LogP contribution in [0.5, 0.6) is 0 Å². The summed E-state index contributed by atoms with van der Waals surface area (Å²) in [6.45, 7) is 8.11. The van der Waals surface area contributed by atoms with Crippen LogP contribution in [0.1, 0.15) is 43.7 Å². The summed E-state index contributed by atoms with van der Waals surface area (Å²) in [4.78, 5) is 11.9. The molecule has 5 heteroatoms. The Balaban J connectivity index is 2.45. The molecule has 1 unspecified atom stereocenters. The highest BCUT2D eigenvalue weighted by Crippen LogP contribution is 2.12. The molecule has 0 fully saturated rings. The molecule has 1 rings (SSSR count). The summed E-state index contributed by atoms with van der Waals surface area (Å²) in [6.07, 6.45) is 2.30. The average Bonchev–Trinajstić information content (AvgIpc) is 2.60. The number of aryl methyl sites for hydroxylation is 2. The Morgan fingerprint density at radius 2 is 2.17 bits per heavy atom. The number of carbonyl (C=O) groups excluding carboxylic acids is 1. The third kappa shape index (κ3) is 3.57. The summed E-state index contributed by atoms with van der Waals surface area (Å²) in [5.41, 5.74) is 7.10. The van der Waals surface area contributed by atoms with E-state index in [0.29, 0.717) is 13.0 Å². The van der Waals surface area contributed by atoms with Crippen LogP contribution in [0.4, 0.5) is 0 Å². The molecule has 0 saturated heterocycles. The molecule has 3 N–H and O–H groups in total. The second-order valence-electron chi connectivity index (χ2n) is 4.98. The number of nitrogens with one attached hydrogen (secondary N) is 1. The van der Waals surface area contributed by atoms with E-state index >= 15 is 0 Å². The van der Waals surface area contributed by atoms with Gasteiger partial charge in [-0.15, -0.1) is 0 Å². The standard InChI is InChI=1S/C13H23N3O2/c1-5-7-13(4,14)12(17)15-8-6-11-9(2)16-18-10(11)3/h5-8,14H2,1-4H3,(H,15,17). The van der Waals surface area contributed by atoms with Crippen LogP contribution >= 0.6 is 0 Å². The third-order valence-corrected chi connectivity index (χ3v) is 3.13. The molecule has 0 aliphatic heterocycles. The van der Waals surface area contributed by atoms with Gasteiger partial charge in [-0.05, 0) is 33.6 Å². The smallest absolute Gasteiger partial charge is 0.239 e. The van der Waals surface area contributed by atoms with Gasteiger partial charge in [0.25, 0.3) is 0 Å². The average molecular weight is 253 g/mol. The predicted molar refractivity (Wildman–Crippen MR) is 70.2 cm³/mol. The van der Waals surface area contributed by atoms with E-state index in [-0.39, 0.29) is 5.91 Å². The monoisotopic (exact) mass is 253 g/mol. The number of carbonyl (C=O) groups is 1. The highest BCUT2D eigenvalue weighted by molar-refractivity contribution is 5.85. The maximum atomic E-state index is 11.9. The summed E-state index contributed by atoms with van der Waals surface area (Å²) >= 11 is 0. The highest BCUT2D eigenvalue weighted by atomic mass is 16.5. The van der Waals surface area contributed by atoms with E-state index in [4.69, 9.17) is 10.3 Å². The van der Waals surface area contributed by atoms with Gasteiger partial charge in [0.2, 0.25) is 5.91 Å². The normalized spacial score (nSPS) is 14.3. The molecule has 1 heterocycles. The number of nitrogens with zero attached hydrogens (tertiary/aromatic N) is 1. The maximum Gasteiger partial charge on any atom is 0.239 e. The quantitative estimate of drug-likeness (QED) is 0.804. The Morgan fingerprint density at radius 3 is 2.67 bits per heavy atom. The Hall–Kier alpha value is -1.36. The molecule has 5 nitrogen and oxygen atoms in total. The van der Waals surface area contributed by atoms with Crippen LogP contribution in [0.15, 0.2) is 4.52 Å². The van der Waals surface area contributed by atoms with E-state index < -0.39 is 5.54 Å². The number of amides is 1. The number of rotatable bonds is 6. The predicted octanol–water partition coefficient (Wildman–Crippen LogP) is 1.47. The lowest BCUT2D eigenvalue weighted by molar-refractivity contribution is -0.126. The molecule has 1 atom stereocenters. The van der Waals surface area contributed by atoms with Crippen molar-refractivity contribution < 1.29 is 9.32 Å². The van der Waals surface area contributed by atoms with Crippen LogP contribution in [0.2, 0.25) is 0 Å². The first-order chi connectivity index (χ1) is 8.38. The topological polar surface area (TPSA) is 81.2 Å². The second-order valence-corrected chi connectivity index (χ2v) is 4.98. The van der Waals surface area contributed by atoms with Crippen LogP contribution in [-0.2, 0) is 11.2 Å². The lowest BCUT2D eigenvalue weighted by Gasteiger charge is -2.22. The van der Waals surface area contributed by atoms with Crippen LogP contribution in [-0.4, -0.2) is 23.1 Å². The molecule has 0 bridgehead atoms. The largest absolute Gasteiger partial charge is 0.361 e. The van der Waals surface area contributed by atoms with Crippen molar-refractivity contribution in [2.45, 2.75) is 52.5 Å². The van der Waals surface area contributed by atoms with E-state index in [1.165, 1.54) is 0 Å². The van der Waals surface area contributed by atoms with Crippen molar-refractivity contribution in [1.29, 1.82) is 0 Å². The van der Waals surface area contributed by atoms with E-state index in [1.807, 2.05) is 20.8 Å². The van der Waals surface area contributed by atoms with Crippen molar-refractivity contribution in [1.82, 2.24) is 10.5 Å². The molecule has 1 amide bonds. The van der Waals surface area contributed by atoms with Gasteiger partial charge in [0.1, 0.15) is 5.76 Å². The summed E-state index contributed by atoms with van der Waals surface area (Å²) in [5.74, 6) is 0.710. The molecule has 102 valence electrons. The van der Waals surface area contributed by atoms with Gasteiger partial charge in [0.15, 0.2) is 0 Å². The van der Waals surface area contributed by atoms with Gasteiger partial charge in [-0.3, -0.25) is 4.79 Å². The molecular formula is C13H23N3O2. The van der Waals surface area contributed by atoms with Gasteiger partial charge < -0.3 is 15.6 Å². The molecule has 0 radical (unpaired) electrons. The van der Waals surface area contributed by atoms with Gasteiger partial charge in [0.05, 0.1) is 11.2 Å². The molecule has 0 aliphatic carbocycles. The first-order valence-electron chi connectivity index (χ1n) is 6.37. The Bertz CT molecular complexity index is 391. The molecule has 1 aromatic rings. The van der Waals surface area contributed by atoms with E-state index in [0.717, 1.165) is 29.9 Å². The summed E-state index contributed by atoms with van der Waals surface area (Å²) < 4.78 is 5.07. The summed E-state index contributed by atoms with van der Waals surface area (Å²) in [7, 11) is 0. The van der Waals surface area contributed by atoms with Crippen molar-refractivity contribution in [2.75, 3.05) is 6.54 Å². The van der Waals surface area contributed by atoms with Gasteiger partial charge in [-0.2, -0.15) is 0 Å². The van der Waals surface area contributed by atoms with Crippen molar-refractivity contribution >= 4 is 5.91 Å². The zero-order valence-corrected chi connectivity index (χ0v) is 11.7. The fourth-order valence-electron chi connectivity index (χ4n) is 1.99. The Kier molecular flexibility index (Phi) is 4.90. The summed E-state index contributed by atoms with van der Waals surface area (Å²) in [6, 6.07) is 0. The van der Waals surface area contributed by atoms with Gasteiger partial charge in [-0.1, -0.05) is 18.5 Å². The van der Waals surface area contributed by atoms with Gasteiger partial charge in [0, 0.05) is 12.1 Å².